The van der Waals surface area contributed by atoms with Gasteiger partial charge in [0.25, 0.3) is 0 Å². The summed E-state index contributed by atoms with van der Waals surface area (Å²) in [5.74, 6) is 1.14. The number of rotatable bonds is 5. The van der Waals surface area contributed by atoms with Crippen molar-refractivity contribution >= 4 is 34.5 Å². The minimum Gasteiger partial charge on any atom is -0.496 e. The van der Waals surface area contributed by atoms with Crippen molar-refractivity contribution in [3.05, 3.63) is 30.5 Å². The molecule has 8 heteroatoms. The average Bonchev–Trinajstić information content (AvgIpc) is 2.71. The standard InChI is InChI=1S/C19H23N3O4S/c1-3-26-19(24)22-11-9-21(10-12-22)17(23)13-27-18-15-5-4-6-16(25-2)14(15)7-8-20-18/h4-8H,3,9-13H2,1-2H3. The summed E-state index contributed by atoms with van der Waals surface area (Å²) in [4.78, 5) is 32.1. The summed E-state index contributed by atoms with van der Waals surface area (Å²) in [5.41, 5.74) is 0. The summed E-state index contributed by atoms with van der Waals surface area (Å²) in [6.45, 7) is 4.19. The Morgan fingerprint density at radius 2 is 1.85 bits per heavy atom. The fourth-order valence-corrected chi connectivity index (χ4v) is 3.93. The summed E-state index contributed by atoms with van der Waals surface area (Å²) in [7, 11) is 1.64. The molecule has 144 valence electrons. The maximum atomic E-state index is 12.6. The van der Waals surface area contributed by atoms with E-state index in [1.165, 1.54) is 11.8 Å². The molecule has 2 amide bonds. The van der Waals surface area contributed by atoms with Crippen molar-refractivity contribution in [2.24, 2.45) is 0 Å². The highest BCUT2D eigenvalue weighted by atomic mass is 32.2. The Bertz CT molecular complexity index is 822. The molecule has 0 radical (unpaired) electrons. The molecule has 0 bridgehead atoms. The predicted octanol–water partition coefficient (Wildman–Crippen LogP) is 2.64. The zero-order chi connectivity index (χ0) is 19.2. The molecular formula is C19H23N3O4S. The molecule has 7 nitrogen and oxygen atoms in total. The molecule has 2 aromatic rings. The molecule has 2 heterocycles. The third-order valence-corrected chi connectivity index (χ3v) is 5.43. The van der Waals surface area contributed by atoms with Crippen LogP contribution in [0.1, 0.15) is 6.92 Å². The van der Waals surface area contributed by atoms with E-state index in [1.807, 2.05) is 24.3 Å². The second-order valence-electron chi connectivity index (χ2n) is 6.03. The molecule has 0 unspecified atom stereocenters. The minimum absolute atomic E-state index is 0.0465. The zero-order valence-corrected chi connectivity index (χ0v) is 16.3. The topological polar surface area (TPSA) is 72.0 Å². The highest BCUT2D eigenvalue weighted by Crippen LogP contribution is 2.31. The second-order valence-corrected chi connectivity index (χ2v) is 6.99. The average molecular weight is 389 g/mol. The first-order valence-corrected chi connectivity index (χ1v) is 9.86. The second kappa shape index (κ2) is 8.94. The first-order valence-electron chi connectivity index (χ1n) is 8.88. The molecule has 1 aliphatic heterocycles. The third kappa shape index (κ3) is 4.44. The lowest BCUT2D eigenvalue weighted by molar-refractivity contribution is -0.129. The summed E-state index contributed by atoms with van der Waals surface area (Å²) >= 11 is 1.42. The van der Waals surface area contributed by atoms with Gasteiger partial charge in [-0.1, -0.05) is 23.9 Å². The lowest BCUT2D eigenvalue weighted by Gasteiger charge is -2.34. The molecule has 0 spiro atoms. The fourth-order valence-electron chi connectivity index (χ4n) is 3.02. The van der Waals surface area contributed by atoms with Crippen molar-refractivity contribution < 1.29 is 19.1 Å². The van der Waals surface area contributed by atoms with Crippen LogP contribution in [-0.2, 0) is 9.53 Å². The van der Waals surface area contributed by atoms with Crippen LogP contribution in [0.3, 0.4) is 0 Å². The maximum absolute atomic E-state index is 12.6. The van der Waals surface area contributed by atoms with Gasteiger partial charge in [0.2, 0.25) is 5.91 Å². The molecule has 1 aromatic carbocycles. The number of hydrogen-bond donors (Lipinski definition) is 0. The van der Waals surface area contributed by atoms with Crippen molar-refractivity contribution in [2.45, 2.75) is 11.9 Å². The number of pyridine rings is 1. The van der Waals surface area contributed by atoms with Gasteiger partial charge in [0.15, 0.2) is 0 Å². The van der Waals surface area contributed by atoms with Gasteiger partial charge in [0.1, 0.15) is 10.8 Å². The Morgan fingerprint density at radius 1 is 1.11 bits per heavy atom. The van der Waals surface area contributed by atoms with E-state index in [1.54, 1.807) is 30.0 Å². The lowest BCUT2D eigenvalue weighted by Crippen LogP contribution is -2.51. The molecule has 1 saturated heterocycles. The van der Waals surface area contributed by atoms with Gasteiger partial charge >= 0.3 is 6.09 Å². The highest BCUT2D eigenvalue weighted by molar-refractivity contribution is 8.00. The SMILES string of the molecule is CCOC(=O)N1CCN(C(=O)CSc2nccc3c(OC)cccc23)CC1. The van der Waals surface area contributed by atoms with Crippen molar-refractivity contribution in [1.82, 2.24) is 14.8 Å². The van der Waals surface area contributed by atoms with Crippen LogP contribution >= 0.6 is 11.8 Å². The smallest absolute Gasteiger partial charge is 0.409 e. The van der Waals surface area contributed by atoms with Crippen molar-refractivity contribution in [3.63, 3.8) is 0 Å². The van der Waals surface area contributed by atoms with Gasteiger partial charge in [-0.3, -0.25) is 4.79 Å². The van der Waals surface area contributed by atoms with Crippen LogP contribution in [0.25, 0.3) is 10.8 Å². The summed E-state index contributed by atoms with van der Waals surface area (Å²) in [6.07, 6.45) is 1.42. The van der Waals surface area contributed by atoms with E-state index in [2.05, 4.69) is 4.98 Å². The summed E-state index contributed by atoms with van der Waals surface area (Å²) in [6, 6.07) is 7.72. The van der Waals surface area contributed by atoms with Gasteiger partial charge < -0.3 is 19.3 Å². The number of fused-ring (bicyclic) bond motifs is 1. The Labute approximate surface area is 162 Å². The monoisotopic (exact) mass is 389 g/mol. The molecular weight excluding hydrogens is 366 g/mol. The van der Waals surface area contributed by atoms with Crippen LogP contribution in [0.15, 0.2) is 35.5 Å². The molecule has 1 fully saturated rings. The van der Waals surface area contributed by atoms with Gasteiger partial charge in [0, 0.05) is 43.1 Å². The van der Waals surface area contributed by atoms with Gasteiger partial charge in [-0.15, -0.1) is 0 Å². The van der Waals surface area contributed by atoms with Gasteiger partial charge in [-0.2, -0.15) is 0 Å². The first kappa shape index (κ1) is 19.3. The van der Waals surface area contributed by atoms with Gasteiger partial charge in [-0.25, -0.2) is 9.78 Å². The number of hydrogen-bond acceptors (Lipinski definition) is 6. The van der Waals surface area contributed by atoms with E-state index < -0.39 is 0 Å². The Morgan fingerprint density at radius 3 is 2.56 bits per heavy atom. The Balaban J connectivity index is 1.59. The summed E-state index contributed by atoms with van der Waals surface area (Å²) < 4.78 is 10.4. The minimum atomic E-state index is -0.312. The molecule has 0 aliphatic carbocycles. The molecule has 1 aromatic heterocycles. The maximum Gasteiger partial charge on any atom is 0.409 e. The van der Waals surface area contributed by atoms with Crippen molar-refractivity contribution in [2.75, 3.05) is 45.6 Å². The van der Waals surface area contributed by atoms with Crippen LogP contribution in [0.2, 0.25) is 0 Å². The van der Waals surface area contributed by atoms with E-state index in [4.69, 9.17) is 9.47 Å². The predicted molar refractivity (Wildman–Crippen MR) is 104 cm³/mol. The van der Waals surface area contributed by atoms with E-state index in [-0.39, 0.29) is 12.0 Å². The number of ether oxygens (including phenoxy) is 2. The third-order valence-electron chi connectivity index (χ3n) is 4.44. The van der Waals surface area contributed by atoms with E-state index >= 15 is 0 Å². The van der Waals surface area contributed by atoms with E-state index in [9.17, 15) is 9.59 Å². The Kier molecular flexibility index (Phi) is 6.39. The molecule has 0 saturated carbocycles. The number of carbonyl (C=O) groups is 2. The highest BCUT2D eigenvalue weighted by Gasteiger charge is 2.25. The van der Waals surface area contributed by atoms with Gasteiger partial charge in [0.05, 0.1) is 19.5 Å². The van der Waals surface area contributed by atoms with E-state index in [0.717, 1.165) is 21.5 Å². The number of benzene rings is 1. The van der Waals surface area contributed by atoms with Gasteiger partial charge in [-0.05, 0) is 19.1 Å². The molecule has 3 rings (SSSR count). The fraction of sp³-hybridized carbons (Fsp3) is 0.421. The number of thioether (sulfide) groups is 1. The number of methoxy groups -OCH3 is 1. The normalized spacial score (nSPS) is 14.3. The molecule has 1 aliphatic rings. The molecule has 27 heavy (non-hydrogen) atoms. The number of piperazine rings is 1. The number of carbonyl (C=O) groups excluding carboxylic acids is 2. The van der Waals surface area contributed by atoms with Crippen LogP contribution in [0, 0.1) is 0 Å². The molecule has 0 N–H and O–H groups in total. The number of nitrogens with zero attached hydrogens (tertiary/aromatic N) is 3. The van der Waals surface area contributed by atoms with Crippen LogP contribution < -0.4 is 4.74 Å². The lowest BCUT2D eigenvalue weighted by atomic mass is 10.1. The quantitative estimate of drug-likeness (QED) is 0.732. The van der Waals surface area contributed by atoms with Crippen LogP contribution in [-0.4, -0.2) is 72.4 Å². The first-order chi connectivity index (χ1) is 13.1. The van der Waals surface area contributed by atoms with Crippen LogP contribution in [0.4, 0.5) is 4.79 Å². The molecule has 0 atom stereocenters. The summed E-state index contributed by atoms with van der Waals surface area (Å²) in [5, 5.41) is 2.76. The number of aromatic nitrogens is 1. The zero-order valence-electron chi connectivity index (χ0n) is 15.5. The van der Waals surface area contributed by atoms with E-state index in [0.29, 0.717) is 38.5 Å². The van der Waals surface area contributed by atoms with Crippen molar-refractivity contribution in [1.29, 1.82) is 0 Å². The Hall–Kier alpha value is -2.48. The largest absolute Gasteiger partial charge is 0.496 e. The number of amides is 2. The van der Waals surface area contributed by atoms with Crippen molar-refractivity contribution in [3.8, 4) is 5.75 Å². The van der Waals surface area contributed by atoms with Crippen LogP contribution in [0.5, 0.6) is 5.75 Å².